The molecule has 1 aromatic heterocycles. The van der Waals surface area contributed by atoms with Crippen LogP contribution in [0.1, 0.15) is 52.9 Å². The number of carbonyl (C=O) groups is 2. The highest BCUT2D eigenvalue weighted by molar-refractivity contribution is 6.02. The summed E-state index contributed by atoms with van der Waals surface area (Å²) in [5, 5.41) is 1.16. The van der Waals surface area contributed by atoms with Crippen molar-refractivity contribution < 1.29 is 18.7 Å². The summed E-state index contributed by atoms with van der Waals surface area (Å²) in [4.78, 5) is 26.4. The molecular formula is C37H35FN2O3. The van der Waals surface area contributed by atoms with Gasteiger partial charge in [-0.3, -0.25) is 4.79 Å². The number of esters is 1. The maximum Gasteiger partial charge on any atom is 0.337 e. The third-order valence-electron chi connectivity index (χ3n) is 8.65. The second-order valence-corrected chi connectivity index (χ2v) is 11.2. The summed E-state index contributed by atoms with van der Waals surface area (Å²) >= 11 is 0. The van der Waals surface area contributed by atoms with Crippen LogP contribution in [0.4, 0.5) is 4.39 Å². The zero-order chi connectivity index (χ0) is 29.9. The molecule has 0 atom stereocenters. The van der Waals surface area contributed by atoms with Gasteiger partial charge in [0.2, 0.25) is 5.91 Å². The largest absolute Gasteiger partial charge is 0.465 e. The lowest BCUT2D eigenvalue weighted by atomic mass is 9.87. The molecule has 1 aliphatic heterocycles. The average Bonchev–Trinajstić information content (AvgIpc) is 3.40. The molecule has 2 heterocycles. The van der Waals surface area contributed by atoms with Crippen LogP contribution < -0.4 is 0 Å². The van der Waals surface area contributed by atoms with E-state index in [1.165, 1.54) is 30.4 Å². The molecule has 1 fully saturated rings. The molecule has 6 rings (SSSR count). The number of likely N-dealkylation sites (tertiary alicyclic amines) is 1. The molecule has 1 amide bonds. The predicted molar refractivity (Wildman–Crippen MR) is 168 cm³/mol. The number of benzene rings is 4. The van der Waals surface area contributed by atoms with Crippen molar-refractivity contribution in [3.8, 4) is 16.8 Å². The van der Waals surface area contributed by atoms with E-state index in [-0.39, 0.29) is 23.6 Å². The van der Waals surface area contributed by atoms with E-state index >= 15 is 0 Å². The lowest BCUT2D eigenvalue weighted by Crippen LogP contribution is -2.36. The van der Waals surface area contributed by atoms with Gasteiger partial charge in [-0.05, 0) is 84.8 Å². The first-order chi connectivity index (χ1) is 20.9. The Labute approximate surface area is 251 Å². The summed E-state index contributed by atoms with van der Waals surface area (Å²) in [5.74, 6) is -0.385. The van der Waals surface area contributed by atoms with E-state index < -0.39 is 0 Å². The fourth-order valence-corrected chi connectivity index (χ4v) is 6.47. The molecule has 0 radical (unpaired) electrons. The number of nitrogens with zero attached hydrogens (tertiary/aromatic N) is 2. The van der Waals surface area contributed by atoms with Crippen molar-refractivity contribution in [3.63, 3.8) is 0 Å². The topological polar surface area (TPSA) is 51.5 Å². The molecule has 43 heavy (non-hydrogen) atoms. The van der Waals surface area contributed by atoms with Crippen molar-refractivity contribution in [2.75, 3.05) is 20.2 Å². The molecule has 5 nitrogen and oxygen atoms in total. The van der Waals surface area contributed by atoms with E-state index in [1.807, 2.05) is 47.4 Å². The van der Waals surface area contributed by atoms with Crippen molar-refractivity contribution in [3.05, 3.63) is 125 Å². The Morgan fingerprint density at radius 1 is 0.837 bits per heavy atom. The summed E-state index contributed by atoms with van der Waals surface area (Å²) < 4.78 is 21.4. The van der Waals surface area contributed by atoms with Gasteiger partial charge in [0.15, 0.2) is 0 Å². The minimum atomic E-state index is -0.374. The van der Waals surface area contributed by atoms with Gasteiger partial charge < -0.3 is 14.2 Å². The second-order valence-electron chi connectivity index (χ2n) is 11.2. The number of piperidine rings is 1. The number of carbonyl (C=O) groups excluding carboxylic acids is 2. The molecule has 0 unspecified atom stereocenters. The van der Waals surface area contributed by atoms with Crippen LogP contribution in [0.3, 0.4) is 0 Å². The van der Waals surface area contributed by atoms with Crippen LogP contribution in [0.2, 0.25) is 0 Å². The molecular weight excluding hydrogens is 539 g/mol. The highest BCUT2D eigenvalue weighted by atomic mass is 19.1. The molecule has 6 heteroatoms. The van der Waals surface area contributed by atoms with Crippen LogP contribution in [-0.2, 0) is 22.4 Å². The van der Waals surface area contributed by atoms with E-state index in [0.29, 0.717) is 18.7 Å². The Hall–Kier alpha value is -4.71. The maximum absolute atomic E-state index is 14.1. The first-order valence-electron chi connectivity index (χ1n) is 14.8. The number of ether oxygens (including phenoxy) is 1. The van der Waals surface area contributed by atoms with E-state index in [4.69, 9.17) is 4.74 Å². The number of methoxy groups -OCH3 is 1. The van der Waals surface area contributed by atoms with Gasteiger partial charge in [0.1, 0.15) is 5.82 Å². The second kappa shape index (κ2) is 12.3. The molecule has 218 valence electrons. The van der Waals surface area contributed by atoms with Crippen LogP contribution in [0.25, 0.3) is 27.7 Å². The van der Waals surface area contributed by atoms with E-state index in [2.05, 4.69) is 47.0 Å². The smallest absolute Gasteiger partial charge is 0.337 e. The van der Waals surface area contributed by atoms with Gasteiger partial charge in [0, 0.05) is 48.3 Å². The summed E-state index contributed by atoms with van der Waals surface area (Å²) in [5.41, 5.74) is 8.25. The molecule has 0 bridgehead atoms. The summed E-state index contributed by atoms with van der Waals surface area (Å²) in [7, 11) is 1.39. The van der Waals surface area contributed by atoms with Gasteiger partial charge >= 0.3 is 5.97 Å². The van der Waals surface area contributed by atoms with Gasteiger partial charge in [-0.2, -0.15) is 0 Å². The summed E-state index contributed by atoms with van der Waals surface area (Å²) in [6.07, 6.45) is 3.40. The number of halogens is 1. The SMILES string of the molecule is COC(=O)c1ccc(-c2c(C3CCN(C(C)=O)CC3)n(-c3ccc(F)cc3)c3cccc(CCc4ccccc4)c23)cc1. The maximum atomic E-state index is 14.1. The highest BCUT2D eigenvalue weighted by Gasteiger charge is 2.31. The van der Waals surface area contributed by atoms with Gasteiger partial charge in [0.05, 0.1) is 18.2 Å². The zero-order valence-corrected chi connectivity index (χ0v) is 24.6. The number of rotatable bonds is 7. The minimum absolute atomic E-state index is 0.0966. The highest BCUT2D eigenvalue weighted by Crippen LogP contribution is 2.45. The standard InChI is InChI=1S/C37H35FN2O3/c1-25(41)39-23-21-29(22-24-39)36-35(28-13-15-30(16-14-28)37(42)43-2)34-27(12-11-26-7-4-3-5-8-26)9-6-10-33(34)40(36)32-19-17-31(38)18-20-32/h3-10,13-20,29H,11-12,21-24H2,1-2H3. The van der Waals surface area contributed by atoms with Crippen LogP contribution in [0.5, 0.6) is 0 Å². The Bertz CT molecular complexity index is 1750. The minimum Gasteiger partial charge on any atom is -0.465 e. The Kier molecular flexibility index (Phi) is 8.10. The van der Waals surface area contributed by atoms with Gasteiger partial charge in [-0.1, -0.05) is 54.6 Å². The summed E-state index contributed by atoms with van der Waals surface area (Å²) in [6.45, 7) is 3.00. The third kappa shape index (κ3) is 5.70. The zero-order valence-electron chi connectivity index (χ0n) is 24.6. The molecule has 5 aromatic rings. The van der Waals surface area contributed by atoms with Crippen LogP contribution >= 0.6 is 0 Å². The predicted octanol–water partition coefficient (Wildman–Crippen LogP) is 7.73. The Morgan fingerprint density at radius 2 is 1.53 bits per heavy atom. The van der Waals surface area contributed by atoms with Gasteiger partial charge in [-0.25, -0.2) is 9.18 Å². The van der Waals surface area contributed by atoms with Crippen molar-refractivity contribution in [1.29, 1.82) is 0 Å². The fourth-order valence-electron chi connectivity index (χ4n) is 6.47. The molecule has 1 aliphatic rings. The Morgan fingerprint density at radius 3 is 2.19 bits per heavy atom. The van der Waals surface area contributed by atoms with Crippen molar-refractivity contribution in [2.24, 2.45) is 0 Å². The number of hydrogen-bond acceptors (Lipinski definition) is 3. The van der Waals surface area contributed by atoms with Crippen molar-refractivity contribution in [2.45, 2.75) is 38.5 Å². The monoisotopic (exact) mass is 574 g/mol. The number of aromatic nitrogens is 1. The van der Waals surface area contributed by atoms with Crippen LogP contribution in [0, 0.1) is 5.82 Å². The molecule has 4 aromatic carbocycles. The third-order valence-corrected chi connectivity index (χ3v) is 8.65. The molecule has 0 N–H and O–H groups in total. The van der Waals surface area contributed by atoms with E-state index in [0.717, 1.165) is 59.1 Å². The Balaban J connectivity index is 1.59. The first-order valence-corrected chi connectivity index (χ1v) is 14.8. The lowest BCUT2D eigenvalue weighted by Gasteiger charge is -2.32. The number of hydrogen-bond donors (Lipinski definition) is 0. The lowest BCUT2D eigenvalue weighted by molar-refractivity contribution is -0.129. The molecule has 0 aliphatic carbocycles. The van der Waals surface area contributed by atoms with Gasteiger partial charge in [-0.15, -0.1) is 0 Å². The normalized spacial score (nSPS) is 13.8. The molecule has 1 saturated heterocycles. The average molecular weight is 575 g/mol. The van der Waals surface area contributed by atoms with E-state index in [1.54, 1.807) is 6.92 Å². The number of amides is 1. The number of aryl methyl sites for hydroxylation is 2. The quantitative estimate of drug-likeness (QED) is 0.187. The molecule has 0 spiro atoms. The van der Waals surface area contributed by atoms with Gasteiger partial charge in [0.25, 0.3) is 0 Å². The van der Waals surface area contributed by atoms with Crippen molar-refractivity contribution >= 4 is 22.8 Å². The van der Waals surface area contributed by atoms with Crippen LogP contribution in [-0.4, -0.2) is 41.5 Å². The first kappa shape index (κ1) is 28.4. The summed E-state index contributed by atoms with van der Waals surface area (Å²) in [6, 6.07) is 31.3. The van der Waals surface area contributed by atoms with E-state index in [9.17, 15) is 14.0 Å². The molecule has 0 saturated carbocycles. The van der Waals surface area contributed by atoms with Crippen LogP contribution in [0.15, 0.2) is 97.1 Å². The van der Waals surface area contributed by atoms with Crippen molar-refractivity contribution in [1.82, 2.24) is 9.47 Å². The fraction of sp³-hybridized carbons (Fsp3) is 0.243. The number of fused-ring (bicyclic) bond motifs is 1.